The van der Waals surface area contributed by atoms with Gasteiger partial charge in [-0.15, -0.1) is 0 Å². The number of rotatable bonds is 6. The molecule has 4 atom stereocenters. The summed E-state index contributed by atoms with van der Waals surface area (Å²) in [5.74, 6) is -1.06. The molecular formula is C30H35ClN2O5. The largest absolute Gasteiger partial charge is 0.481 e. The zero-order chi connectivity index (χ0) is 26.8. The minimum absolute atomic E-state index is 0.0249. The first-order chi connectivity index (χ1) is 18.3. The number of anilines is 1. The Kier molecular flexibility index (Phi) is 7.93. The van der Waals surface area contributed by atoms with Crippen LogP contribution in [0.1, 0.15) is 75.8 Å². The van der Waals surface area contributed by atoms with Crippen LogP contribution in [0.25, 0.3) is 0 Å². The van der Waals surface area contributed by atoms with Crippen molar-refractivity contribution in [1.82, 2.24) is 4.90 Å². The Morgan fingerprint density at radius 3 is 2.68 bits per heavy atom. The van der Waals surface area contributed by atoms with Crippen molar-refractivity contribution in [3.63, 3.8) is 0 Å². The van der Waals surface area contributed by atoms with Gasteiger partial charge in [-0.05, 0) is 56.2 Å². The highest BCUT2D eigenvalue weighted by Crippen LogP contribution is 2.53. The topological polar surface area (TPSA) is 87.2 Å². The third-order valence-electron chi connectivity index (χ3n) is 8.11. The lowest BCUT2D eigenvalue weighted by molar-refractivity contribution is -0.142. The minimum Gasteiger partial charge on any atom is -0.481 e. The zero-order valence-electron chi connectivity index (χ0n) is 21.6. The number of carboxylic acids is 1. The predicted octanol–water partition coefficient (Wildman–Crippen LogP) is 6.58. The van der Waals surface area contributed by atoms with E-state index in [1.165, 1.54) is 0 Å². The van der Waals surface area contributed by atoms with Crippen LogP contribution >= 0.6 is 11.6 Å². The van der Waals surface area contributed by atoms with E-state index in [1.54, 1.807) is 17.0 Å². The fraction of sp³-hybridized carbons (Fsp3) is 0.500. The number of amides is 2. The molecule has 0 saturated heterocycles. The molecule has 1 N–H and O–H groups in total. The number of carbonyl (C=O) groups is 3. The van der Waals surface area contributed by atoms with E-state index in [0.717, 1.165) is 49.7 Å². The highest BCUT2D eigenvalue weighted by atomic mass is 35.5. The van der Waals surface area contributed by atoms with Crippen LogP contribution in [0.3, 0.4) is 0 Å². The van der Waals surface area contributed by atoms with E-state index < -0.39 is 5.97 Å². The average molecular weight is 539 g/mol. The molecule has 2 amide bonds. The number of carboxylic acid groups (broad SMARTS) is 1. The van der Waals surface area contributed by atoms with Crippen molar-refractivity contribution in [2.45, 2.75) is 88.4 Å². The Bertz CT molecular complexity index is 1170. The molecule has 4 unspecified atom stereocenters. The first-order valence-electron chi connectivity index (χ1n) is 13.7. The molecule has 7 nitrogen and oxygen atoms in total. The van der Waals surface area contributed by atoms with Gasteiger partial charge in [0.15, 0.2) is 0 Å². The van der Waals surface area contributed by atoms with Crippen molar-refractivity contribution < 1.29 is 24.2 Å². The third kappa shape index (κ3) is 5.68. The fourth-order valence-electron chi connectivity index (χ4n) is 6.33. The highest BCUT2D eigenvalue weighted by Gasteiger charge is 2.52. The maximum absolute atomic E-state index is 13.9. The van der Waals surface area contributed by atoms with Crippen LogP contribution in [-0.4, -0.2) is 46.2 Å². The van der Waals surface area contributed by atoms with Crippen molar-refractivity contribution in [3.8, 4) is 0 Å². The van der Waals surface area contributed by atoms with Crippen LogP contribution in [0.15, 0.2) is 54.7 Å². The van der Waals surface area contributed by atoms with E-state index in [4.69, 9.17) is 16.3 Å². The van der Waals surface area contributed by atoms with Gasteiger partial charge in [0.2, 0.25) is 5.91 Å². The molecule has 1 heterocycles. The van der Waals surface area contributed by atoms with Crippen molar-refractivity contribution in [1.29, 1.82) is 0 Å². The molecule has 38 heavy (non-hydrogen) atoms. The molecule has 2 fully saturated rings. The average Bonchev–Trinajstić information content (AvgIpc) is 3.57. The van der Waals surface area contributed by atoms with Gasteiger partial charge in [0.25, 0.3) is 0 Å². The van der Waals surface area contributed by atoms with E-state index in [9.17, 15) is 19.5 Å². The van der Waals surface area contributed by atoms with E-state index in [1.807, 2.05) is 29.2 Å². The number of nitrogens with zero attached hydrogens (tertiary/aromatic N) is 2. The molecule has 0 bridgehead atoms. The molecule has 1 aromatic rings. The number of hydrogen-bond acceptors (Lipinski definition) is 4. The molecule has 8 heteroatoms. The highest BCUT2D eigenvalue weighted by molar-refractivity contribution is 6.31. The molecule has 5 rings (SSSR count). The van der Waals surface area contributed by atoms with Gasteiger partial charge < -0.3 is 14.7 Å². The first-order valence-corrected chi connectivity index (χ1v) is 14.0. The molecule has 0 aromatic heterocycles. The summed E-state index contributed by atoms with van der Waals surface area (Å²) in [7, 11) is 0. The lowest BCUT2D eigenvalue weighted by Crippen LogP contribution is -2.53. The molecule has 3 aliphatic carbocycles. The van der Waals surface area contributed by atoms with Gasteiger partial charge in [0, 0.05) is 35.9 Å². The number of hydrogen-bond donors (Lipinski definition) is 1. The van der Waals surface area contributed by atoms with Crippen molar-refractivity contribution >= 4 is 35.3 Å². The number of benzene rings is 1. The van der Waals surface area contributed by atoms with Crippen molar-refractivity contribution in [3.05, 3.63) is 65.2 Å². The maximum atomic E-state index is 13.9. The van der Waals surface area contributed by atoms with Gasteiger partial charge in [0.05, 0.1) is 18.2 Å². The number of fused-ring (bicyclic) bond motifs is 2. The Morgan fingerprint density at radius 2 is 1.92 bits per heavy atom. The molecule has 0 spiro atoms. The second-order valence-electron chi connectivity index (χ2n) is 10.8. The molecule has 202 valence electrons. The summed E-state index contributed by atoms with van der Waals surface area (Å²) in [4.78, 5) is 42.2. The van der Waals surface area contributed by atoms with Gasteiger partial charge in [-0.25, -0.2) is 4.79 Å². The minimum atomic E-state index is -0.976. The molecule has 0 radical (unpaired) electrons. The van der Waals surface area contributed by atoms with Gasteiger partial charge in [-0.1, -0.05) is 60.5 Å². The van der Waals surface area contributed by atoms with Gasteiger partial charge >= 0.3 is 12.1 Å². The Hall–Kier alpha value is -3.06. The van der Waals surface area contributed by atoms with Crippen LogP contribution in [0.4, 0.5) is 10.5 Å². The van der Waals surface area contributed by atoms with Gasteiger partial charge in [-0.2, -0.15) is 0 Å². The molecule has 1 aromatic carbocycles. The Morgan fingerprint density at radius 1 is 1.11 bits per heavy atom. The summed E-state index contributed by atoms with van der Waals surface area (Å²) in [6.07, 6.45) is 13.6. The summed E-state index contributed by atoms with van der Waals surface area (Å²) >= 11 is 6.46. The van der Waals surface area contributed by atoms with E-state index in [2.05, 4.69) is 12.7 Å². The second kappa shape index (κ2) is 11.4. The summed E-state index contributed by atoms with van der Waals surface area (Å²) in [5, 5.41) is 9.70. The number of carbonyl (C=O) groups excluding carboxylic acids is 2. The first kappa shape index (κ1) is 26.5. The standard InChI is InChI=1S/C30H35ClN2O5/c1-19-7-4-2-3-5-8-22(17-19)38-30(37)33-25-10-6-9-23(25)29(24-14-11-20(31)18-26(24)33)32(21-12-13-21)27(34)15-16-28(35)36/h2-4,7,11,14,18,21-23,25,29H,1,5-6,8-10,12-13,15-17H2,(H,35,36)/b3-2-,7-4-. The summed E-state index contributed by atoms with van der Waals surface area (Å²) in [5.41, 5.74) is 2.49. The van der Waals surface area contributed by atoms with Gasteiger partial charge in [-0.3, -0.25) is 14.5 Å². The van der Waals surface area contributed by atoms with Crippen LogP contribution in [0.2, 0.25) is 5.02 Å². The van der Waals surface area contributed by atoms with Gasteiger partial charge in [0.1, 0.15) is 6.10 Å². The fourth-order valence-corrected chi connectivity index (χ4v) is 6.49. The van der Waals surface area contributed by atoms with Crippen molar-refractivity contribution in [2.24, 2.45) is 5.92 Å². The van der Waals surface area contributed by atoms with Crippen LogP contribution < -0.4 is 4.90 Å². The lowest BCUT2D eigenvalue weighted by Gasteiger charge is -2.47. The van der Waals surface area contributed by atoms with E-state index in [0.29, 0.717) is 23.6 Å². The quantitative estimate of drug-likeness (QED) is 0.442. The molecule has 2 saturated carbocycles. The maximum Gasteiger partial charge on any atom is 0.414 e. The number of aliphatic carboxylic acids is 1. The SMILES string of the molecule is C=C1/C=C\C=C/CCC(OC(=O)N2c3cc(Cl)ccc3C(N(C(=O)CCC(=O)O)C3CC3)C3CCCC32)C1. The van der Waals surface area contributed by atoms with E-state index >= 15 is 0 Å². The lowest BCUT2D eigenvalue weighted by atomic mass is 9.81. The monoisotopic (exact) mass is 538 g/mol. The van der Waals surface area contributed by atoms with Crippen molar-refractivity contribution in [2.75, 3.05) is 4.90 Å². The summed E-state index contributed by atoms with van der Waals surface area (Å²) in [6.45, 7) is 4.11. The van der Waals surface area contributed by atoms with Crippen LogP contribution in [0, 0.1) is 5.92 Å². The number of halogens is 1. The Labute approximate surface area is 228 Å². The van der Waals surface area contributed by atoms with Crippen LogP contribution in [0.5, 0.6) is 0 Å². The zero-order valence-corrected chi connectivity index (χ0v) is 22.3. The molecular weight excluding hydrogens is 504 g/mol. The summed E-state index contributed by atoms with van der Waals surface area (Å²) < 4.78 is 6.13. The normalized spacial score (nSPS) is 28.2. The van der Waals surface area contributed by atoms with Crippen LogP contribution in [-0.2, 0) is 14.3 Å². The number of allylic oxidation sites excluding steroid dienone is 4. The third-order valence-corrected chi connectivity index (χ3v) is 8.34. The predicted molar refractivity (Wildman–Crippen MR) is 146 cm³/mol. The van der Waals surface area contributed by atoms with E-state index in [-0.39, 0.29) is 55.0 Å². The molecule has 1 aliphatic heterocycles. The summed E-state index contributed by atoms with van der Waals surface area (Å²) in [6, 6.07) is 5.31. The second-order valence-corrected chi connectivity index (χ2v) is 11.3. The smallest absolute Gasteiger partial charge is 0.414 e. The molecule has 4 aliphatic rings. The number of ether oxygens (including phenoxy) is 1. The Balaban J connectivity index is 1.47.